The van der Waals surface area contributed by atoms with E-state index in [0.29, 0.717) is 28.4 Å². The van der Waals surface area contributed by atoms with Gasteiger partial charge in [0, 0.05) is 11.5 Å². The Morgan fingerprint density at radius 1 is 0.970 bits per heavy atom. The van der Waals surface area contributed by atoms with Crippen LogP contribution in [0.4, 0.5) is 0 Å². The maximum absolute atomic E-state index is 13.1. The molecule has 7 heteroatoms. The van der Waals surface area contributed by atoms with Crippen LogP contribution in [0.1, 0.15) is 39.4 Å². The number of hydrogen-bond acceptors (Lipinski definition) is 7. The van der Waals surface area contributed by atoms with Gasteiger partial charge in [-0.2, -0.15) is 0 Å². The van der Waals surface area contributed by atoms with Gasteiger partial charge in [-0.25, -0.2) is 0 Å². The second-order valence-corrected chi connectivity index (χ2v) is 7.73. The highest BCUT2D eigenvalue weighted by atomic mass is 16.5. The topological polar surface area (TPSA) is 91.3 Å². The SMILES string of the molecule is COc1ccc(/C=C2\Oc3c(ccc4c3[C@@H](c3ccc(O)c(OC)c3)CC(=O)O4)C2=O)cc1. The van der Waals surface area contributed by atoms with Crippen molar-refractivity contribution in [1.29, 1.82) is 0 Å². The van der Waals surface area contributed by atoms with Crippen molar-refractivity contribution in [1.82, 2.24) is 0 Å². The maximum Gasteiger partial charge on any atom is 0.312 e. The molecule has 2 aliphatic heterocycles. The molecule has 166 valence electrons. The summed E-state index contributed by atoms with van der Waals surface area (Å²) < 4.78 is 21.9. The molecule has 0 saturated heterocycles. The van der Waals surface area contributed by atoms with Gasteiger partial charge in [0.25, 0.3) is 0 Å². The summed E-state index contributed by atoms with van der Waals surface area (Å²) in [5.74, 6) is 0.832. The first-order chi connectivity index (χ1) is 16.0. The number of allylic oxidation sites excluding steroid dienone is 1. The van der Waals surface area contributed by atoms with E-state index in [2.05, 4.69) is 0 Å². The molecule has 0 saturated carbocycles. The van der Waals surface area contributed by atoms with E-state index < -0.39 is 11.9 Å². The fraction of sp³-hybridized carbons (Fsp3) is 0.154. The van der Waals surface area contributed by atoms with Gasteiger partial charge in [-0.15, -0.1) is 0 Å². The van der Waals surface area contributed by atoms with Crippen LogP contribution in [0.15, 0.2) is 60.4 Å². The highest BCUT2D eigenvalue weighted by Crippen LogP contribution is 2.49. The Morgan fingerprint density at radius 2 is 1.76 bits per heavy atom. The van der Waals surface area contributed by atoms with E-state index >= 15 is 0 Å². The number of rotatable bonds is 4. The number of methoxy groups -OCH3 is 2. The van der Waals surface area contributed by atoms with Gasteiger partial charge in [-0.05, 0) is 53.6 Å². The van der Waals surface area contributed by atoms with E-state index in [1.165, 1.54) is 13.2 Å². The zero-order valence-corrected chi connectivity index (χ0v) is 18.0. The number of esters is 1. The molecular formula is C26H20O7. The van der Waals surface area contributed by atoms with E-state index in [-0.39, 0.29) is 29.5 Å². The number of hydrogen-bond donors (Lipinski definition) is 1. The van der Waals surface area contributed by atoms with Gasteiger partial charge in [-0.3, -0.25) is 9.59 Å². The Bertz CT molecular complexity index is 1300. The number of Topliss-reactive ketones (excluding diaryl/α,β-unsaturated/α-hetero) is 1. The van der Waals surface area contributed by atoms with Crippen molar-refractivity contribution >= 4 is 17.8 Å². The van der Waals surface area contributed by atoms with E-state index in [0.717, 1.165) is 11.1 Å². The molecule has 0 amide bonds. The molecular weight excluding hydrogens is 424 g/mol. The molecule has 0 radical (unpaired) electrons. The molecule has 0 aromatic heterocycles. The molecule has 0 spiro atoms. The standard InChI is InChI=1S/C26H20O7/c1-30-16-6-3-14(4-7-16)11-22-25(29)17-8-10-20-24(26(17)33-22)18(13-23(28)32-20)15-5-9-19(27)21(12-15)31-2/h3-12,18,27H,13H2,1-2H3/b22-11-/t18-/m1/s1. The summed E-state index contributed by atoms with van der Waals surface area (Å²) in [7, 11) is 3.04. The lowest BCUT2D eigenvalue weighted by atomic mass is 9.84. The van der Waals surface area contributed by atoms with E-state index in [1.807, 2.05) is 12.1 Å². The molecule has 1 atom stereocenters. The average Bonchev–Trinajstić information content (AvgIpc) is 3.14. The van der Waals surface area contributed by atoms with Gasteiger partial charge in [0.1, 0.15) is 17.2 Å². The van der Waals surface area contributed by atoms with Crippen molar-refractivity contribution in [3.63, 3.8) is 0 Å². The molecule has 3 aromatic carbocycles. The molecule has 2 heterocycles. The molecule has 2 aliphatic rings. The second-order valence-electron chi connectivity index (χ2n) is 7.73. The number of ketones is 1. The van der Waals surface area contributed by atoms with Crippen LogP contribution in [0.2, 0.25) is 0 Å². The summed E-state index contributed by atoms with van der Waals surface area (Å²) in [4.78, 5) is 25.4. The Balaban J connectivity index is 1.58. The van der Waals surface area contributed by atoms with Crippen molar-refractivity contribution in [3.05, 3.63) is 82.6 Å². The number of fused-ring (bicyclic) bond motifs is 3. The first-order valence-corrected chi connectivity index (χ1v) is 10.3. The minimum atomic E-state index is -0.432. The Morgan fingerprint density at radius 3 is 2.48 bits per heavy atom. The fourth-order valence-corrected chi connectivity index (χ4v) is 4.15. The van der Waals surface area contributed by atoms with Gasteiger partial charge in [-0.1, -0.05) is 18.2 Å². The molecule has 0 unspecified atom stereocenters. The third-order valence-corrected chi connectivity index (χ3v) is 5.80. The molecule has 33 heavy (non-hydrogen) atoms. The largest absolute Gasteiger partial charge is 0.504 e. The number of aromatic hydroxyl groups is 1. The fourth-order valence-electron chi connectivity index (χ4n) is 4.15. The number of carbonyl (C=O) groups excluding carboxylic acids is 2. The Hall–Kier alpha value is -4.26. The Kier molecular flexibility index (Phi) is 5.01. The zero-order chi connectivity index (χ0) is 23.1. The second kappa shape index (κ2) is 8.02. The summed E-state index contributed by atoms with van der Waals surface area (Å²) in [6.07, 6.45) is 1.73. The lowest BCUT2D eigenvalue weighted by Gasteiger charge is -2.26. The maximum atomic E-state index is 13.1. The van der Waals surface area contributed by atoms with Crippen molar-refractivity contribution in [2.75, 3.05) is 14.2 Å². The van der Waals surface area contributed by atoms with E-state index in [9.17, 15) is 14.7 Å². The first-order valence-electron chi connectivity index (χ1n) is 10.3. The molecule has 7 nitrogen and oxygen atoms in total. The van der Waals surface area contributed by atoms with Crippen LogP contribution in [0.3, 0.4) is 0 Å². The number of carbonyl (C=O) groups is 2. The molecule has 0 fully saturated rings. The van der Waals surface area contributed by atoms with Crippen LogP contribution in [0.5, 0.6) is 28.7 Å². The van der Waals surface area contributed by atoms with Crippen molar-refractivity contribution in [2.45, 2.75) is 12.3 Å². The summed E-state index contributed by atoms with van der Waals surface area (Å²) in [6.45, 7) is 0. The molecule has 0 bridgehead atoms. The average molecular weight is 444 g/mol. The summed E-state index contributed by atoms with van der Waals surface area (Å²) >= 11 is 0. The molecule has 3 aromatic rings. The first kappa shape index (κ1) is 20.6. The number of ether oxygens (including phenoxy) is 4. The van der Waals surface area contributed by atoms with Gasteiger partial charge in [0.2, 0.25) is 5.78 Å². The highest BCUT2D eigenvalue weighted by Gasteiger charge is 2.38. The zero-order valence-electron chi connectivity index (χ0n) is 18.0. The third-order valence-electron chi connectivity index (χ3n) is 5.80. The Labute approximate surface area is 189 Å². The van der Waals surface area contributed by atoms with Gasteiger partial charge in [0.05, 0.1) is 26.2 Å². The monoisotopic (exact) mass is 444 g/mol. The van der Waals surface area contributed by atoms with Gasteiger partial charge >= 0.3 is 5.97 Å². The van der Waals surface area contributed by atoms with E-state index in [4.69, 9.17) is 18.9 Å². The predicted molar refractivity (Wildman–Crippen MR) is 119 cm³/mol. The van der Waals surface area contributed by atoms with E-state index in [1.54, 1.807) is 49.6 Å². The quantitative estimate of drug-likeness (QED) is 0.361. The lowest BCUT2D eigenvalue weighted by molar-refractivity contribution is -0.135. The van der Waals surface area contributed by atoms with Gasteiger partial charge in [0.15, 0.2) is 17.3 Å². The predicted octanol–water partition coefficient (Wildman–Crippen LogP) is 4.47. The number of phenols is 1. The normalized spacial score (nSPS) is 17.8. The third kappa shape index (κ3) is 3.57. The van der Waals surface area contributed by atoms with Crippen LogP contribution >= 0.6 is 0 Å². The van der Waals surface area contributed by atoms with Crippen LogP contribution in [-0.4, -0.2) is 31.1 Å². The summed E-state index contributed by atoms with van der Waals surface area (Å²) in [5.41, 5.74) is 2.54. The lowest BCUT2D eigenvalue weighted by Crippen LogP contribution is -2.21. The molecule has 1 N–H and O–H groups in total. The highest BCUT2D eigenvalue weighted by molar-refractivity contribution is 6.15. The number of phenolic OH excluding ortho intramolecular Hbond substituents is 1. The van der Waals surface area contributed by atoms with Crippen molar-refractivity contribution in [2.24, 2.45) is 0 Å². The molecule has 5 rings (SSSR count). The number of benzene rings is 3. The summed E-state index contributed by atoms with van der Waals surface area (Å²) in [6, 6.07) is 15.4. The van der Waals surface area contributed by atoms with Crippen LogP contribution in [-0.2, 0) is 4.79 Å². The summed E-state index contributed by atoms with van der Waals surface area (Å²) in [5, 5.41) is 9.98. The smallest absolute Gasteiger partial charge is 0.312 e. The van der Waals surface area contributed by atoms with Crippen LogP contribution in [0, 0.1) is 0 Å². The minimum Gasteiger partial charge on any atom is -0.504 e. The van der Waals surface area contributed by atoms with Crippen molar-refractivity contribution < 1.29 is 33.6 Å². The van der Waals surface area contributed by atoms with Crippen LogP contribution < -0.4 is 18.9 Å². The van der Waals surface area contributed by atoms with Gasteiger partial charge < -0.3 is 24.1 Å². The van der Waals surface area contributed by atoms with Crippen molar-refractivity contribution in [3.8, 4) is 28.7 Å². The van der Waals surface area contributed by atoms with Crippen LogP contribution in [0.25, 0.3) is 6.08 Å². The minimum absolute atomic E-state index is 0.00529. The molecule has 0 aliphatic carbocycles.